The van der Waals surface area contributed by atoms with Crippen LogP contribution >= 0.6 is 0 Å². The molecule has 146 valence electrons. The maximum absolute atomic E-state index is 12.3. The molecule has 0 radical (unpaired) electrons. The molecule has 0 unspecified atom stereocenters. The third-order valence-corrected chi connectivity index (χ3v) is 4.27. The number of carboxylic acids is 1. The van der Waals surface area contributed by atoms with Crippen LogP contribution in [0.15, 0.2) is 72.8 Å². The number of nitrogens with two attached hydrogens (primary N) is 1. The van der Waals surface area contributed by atoms with Crippen molar-refractivity contribution in [2.45, 2.75) is 6.54 Å². The predicted octanol–water partition coefficient (Wildman–Crippen LogP) is 3.15. The van der Waals surface area contributed by atoms with Crippen molar-refractivity contribution in [1.82, 2.24) is 5.32 Å². The normalized spacial score (nSPS) is 10.2. The number of rotatable bonds is 6. The highest BCUT2D eigenvalue weighted by molar-refractivity contribution is 6.05. The second-order valence-electron chi connectivity index (χ2n) is 6.30. The van der Waals surface area contributed by atoms with E-state index in [1.165, 1.54) is 24.3 Å². The number of carbonyl (C=O) groups excluding carboxylic acids is 2. The third-order valence-electron chi connectivity index (χ3n) is 4.27. The maximum Gasteiger partial charge on any atom is 0.335 e. The van der Waals surface area contributed by atoms with Gasteiger partial charge < -0.3 is 21.5 Å². The summed E-state index contributed by atoms with van der Waals surface area (Å²) in [6, 6.07) is 19.5. The summed E-state index contributed by atoms with van der Waals surface area (Å²) >= 11 is 0. The van der Waals surface area contributed by atoms with Gasteiger partial charge in [0.25, 0.3) is 11.8 Å². The molecule has 0 spiro atoms. The number of hydrogen-bond acceptors (Lipinski definition) is 4. The van der Waals surface area contributed by atoms with Crippen molar-refractivity contribution in [3.8, 4) is 0 Å². The Bertz CT molecular complexity index is 1040. The first-order chi connectivity index (χ1) is 13.9. The van der Waals surface area contributed by atoms with Crippen molar-refractivity contribution < 1.29 is 19.5 Å². The van der Waals surface area contributed by atoms with Gasteiger partial charge in [-0.3, -0.25) is 9.59 Å². The van der Waals surface area contributed by atoms with Gasteiger partial charge in [-0.25, -0.2) is 4.79 Å². The molecular formula is C22H19N3O4. The molecule has 7 nitrogen and oxygen atoms in total. The van der Waals surface area contributed by atoms with E-state index in [2.05, 4.69) is 10.6 Å². The number of carbonyl (C=O) groups is 3. The molecule has 0 aliphatic carbocycles. The van der Waals surface area contributed by atoms with Crippen LogP contribution in [0, 0.1) is 0 Å². The Kier molecular flexibility index (Phi) is 5.89. The van der Waals surface area contributed by atoms with E-state index in [1.807, 2.05) is 0 Å². The molecule has 0 atom stereocenters. The lowest BCUT2D eigenvalue weighted by atomic mass is 10.1. The summed E-state index contributed by atoms with van der Waals surface area (Å²) in [4.78, 5) is 35.4. The summed E-state index contributed by atoms with van der Waals surface area (Å²) in [7, 11) is 0. The second kappa shape index (κ2) is 8.71. The molecule has 2 amide bonds. The highest BCUT2D eigenvalue weighted by Crippen LogP contribution is 2.18. The Labute approximate surface area is 167 Å². The highest BCUT2D eigenvalue weighted by Gasteiger charge is 2.10. The summed E-state index contributed by atoms with van der Waals surface area (Å²) in [6.45, 7) is 0.271. The Morgan fingerprint density at radius 1 is 0.759 bits per heavy atom. The first-order valence-electron chi connectivity index (χ1n) is 8.80. The lowest BCUT2D eigenvalue weighted by Crippen LogP contribution is -2.23. The van der Waals surface area contributed by atoms with E-state index in [0.717, 1.165) is 5.56 Å². The number of carboxylic acid groups (broad SMARTS) is 1. The fraction of sp³-hybridized carbons (Fsp3) is 0.0455. The number of hydrogen-bond donors (Lipinski definition) is 4. The van der Waals surface area contributed by atoms with E-state index in [4.69, 9.17) is 10.8 Å². The largest absolute Gasteiger partial charge is 0.478 e. The van der Waals surface area contributed by atoms with Crippen LogP contribution in [-0.4, -0.2) is 22.9 Å². The van der Waals surface area contributed by atoms with Crippen LogP contribution in [0.5, 0.6) is 0 Å². The van der Waals surface area contributed by atoms with Crippen molar-refractivity contribution in [2.75, 3.05) is 11.1 Å². The minimum absolute atomic E-state index is 0.118. The van der Waals surface area contributed by atoms with Crippen LogP contribution < -0.4 is 16.4 Å². The molecule has 0 aromatic heterocycles. The Hall–Kier alpha value is -4.13. The lowest BCUT2D eigenvalue weighted by molar-refractivity contribution is 0.0696. The van der Waals surface area contributed by atoms with E-state index < -0.39 is 5.97 Å². The van der Waals surface area contributed by atoms with Crippen molar-refractivity contribution >= 4 is 29.2 Å². The van der Waals surface area contributed by atoms with Gasteiger partial charge in [-0.2, -0.15) is 0 Å². The van der Waals surface area contributed by atoms with Crippen molar-refractivity contribution in [1.29, 1.82) is 0 Å². The summed E-state index contributed by atoms with van der Waals surface area (Å²) < 4.78 is 0. The average molecular weight is 389 g/mol. The van der Waals surface area contributed by atoms with E-state index in [1.54, 1.807) is 48.5 Å². The van der Waals surface area contributed by atoms with Gasteiger partial charge in [0, 0.05) is 17.7 Å². The molecule has 0 heterocycles. The molecule has 0 saturated heterocycles. The molecular weight excluding hydrogens is 370 g/mol. The lowest BCUT2D eigenvalue weighted by Gasteiger charge is -2.09. The molecule has 3 aromatic carbocycles. The number of nitrogens with one attached hydrogen (secondary N) is 2. The number of anilines is 2. The summed E-state index contributed by atoms with van der Waals surface area (Å²) in [5.41, 5.74) is 8.62. The van der Waals surface area contributed by atoms with Gasteiger partial charge in [-0.1, -0.05) is 24.3 Å². The number of benzene rings is 3. The van der Waals surface area contributed by atoms with E-state index >= 15 is 0 Å². The number of aromatic carboxylic acids is 1. The molecule has 0 bridgehead atoms. The van der Waals surface area contributed by atoms with Gasteiger partial charge in [-0.15, -0.1) is 0 Å². The summed E-state index contributed by atoms with van der Waals surface area (Å²) in [5.74, 6) is -1.64. The van der Waals surface area contributed by atoms with Crippen molar-refractivity contribution in [3.05, 3.63) is 95.1 Å². The predicted molar refractivity (Wildman–Crippen MR) is 110 cm³/mol. The van der Waals surface area contributed by atoms with Gasteiger partial charge in [0.2, 0.25) is 0 Å². The first kappa shape index (κ1) is 19.6. The van der Waals surface area contributed by atoms with E-state index in [0.29, 0.717) is 22.5 Å². The van der Waals surface area contributed by atoms with Crippen LogP contribution in [0.3, 0.4) is 0 Å². The third kappa shape index (κ3) is 4.98. The van der Waals surface area contributed by atoms with Crippen LogP contribution in [0.4, 0.5) is 11.4 Å². The fourth-order valence-electron chi connectivity index (χ4n) is 2.63. The monoisotopic (exact) mass is 389 g/mol. The summed E-state index contributed by atoms with van der Waals surface area (Å²) in [5, 5.41) is 14.4. The average Bonchev–Trinajstić information content (AvgIpc) is 2.74. The number of amides is 2. The van der Waals surface area contributed by atoms with Gasteiger partial charge in [0.15, 0.2) is 0 Å². The molecule has 29 heavy (non-hydrogen) atoms. The number of nitrogen functional groups attached to an aromatic ring is 1. The molecule has 3 rings (SSSR count). The molecule has 5 N–H and O–H groups in total. The molecule has 0 aliphatic heterocycles. The first-order valence-corrected chi connectivity index (χ1v) is 8.80. The highest BCUT2D eigenvalue weighted by atomic mass is 16.4. The Morgan fingerprint density at radius 2 is 1.31 bits per heavy atom. The van der Waals surface area contributed by atoms with Gasteiger partial charge in [0.1, 0.15) is 0 Å². The summed E-state index contributed by atoms with van der Waals surface area (Å²) in [6.07, 6.45) is 0. The zero-order chi connectivity index (χ0) is 20.8. The Morgan fingerprint density at radius 3 is 1.93 bits per heavy atom. The Balaban J connectivity index is 1.57. The van der Waals surface area contributed by atoms with Gasteiger partial charge in [-0.05, 0) is 54.1 Å². The van der Waals surface area contributed by atoms with E-state index in [9.17, 15) is 14.4 Å². The standard InChI is InChI=1S/C22H19N3O4/c23-18-3-1-2-4-19(18)25-21(27)16-7-5-14(6-8-16)13-24-20(26)15-9-11-17(12-10-15)22(28)29/h1-12H,13,23H2,(H,24,26)(H,25,27)(H,28,29). The molecule has 3 aromatic rings. The minimum atomic E-state index is -1.05. The van der Waals surface area contributed by atoms with Gasteiger partial charge in [0.05, 0.1) is 16.9 Å². The van der Waals surface area contributed by atoms with Crippen molar-refractivity contribution in [2.24, 2.45) is 0 Å². The van der Waals surface area contributed by atoms with Crippen LogP contribution in [0.1, 0.15) is 36.6 Å². The van der Waals surface area contributed by atoms with Crippen molar-refractivity contribution in [3.63, 3.8) is 0 Å². The smallest absolute Gasteiger partial charge is 0.335 e. The molecule has 0 aliphatic rings. The van der Waals surface area contributed by atoms with E-state index in [-0.39, 0.29) is 23.9 Å². The number of para-hydroxylation sites is 2. The van der Waals surface area contributed by atoms with Crippen LogP contribution in [-0.2, 0) is 6.54 Å². The van der Waals surface area contributed by atoms with Crippen LogP contribution in [0.2, 0.25) is 0 Å². The quantitative estimate of drug-likeness (QED) is 0.483. The minimum Gasteiger partial charge on any atom is -0.478 e. The fourth-order valence-corrected chi connectivity index (χ4v) is 2.63. The SMILES string of the molecule is Nc1ccccc1NC(=O)c1ccc(CNC(=O)c2ccc(C(=O)O)cc2)cc1. The molecule has 0 saturated carbocycles. The van der Waals surface area contributed by atoms with Crippen LogP contribution in [0.25, 0.3) is 0 Å². The molecule has 0 fully saturated rings. The zero-order valence-corrected chi connectivity index (χ0v) is 15.4. The second-order valence-corrected chi connectivity index (χ2v) is 6.30. The topological polar surface area (TPSA) is 122 Å². The maximum atomic E-state index is 12.3. The zero-order valence-electron chi connectivity index (χ0n) is 15.4. The molecule has 7 heteroatoms. The van der Waals surface area contributed by atoms with Gasteiger partial charge >= 0.3 is 5.97 Å².